The number of nitrogens with zero attached hydrogens (tertiary/aromatic N) is 1. The first-order valence-corrected chi connectivity index (χ1v) is 6.79. The van der Waals surface area contributed by atoms with Gasteiger partial charge in [0.05, 0.1) is 6.54 Å². The molecule has 4 nitrogen and oxygen atoms in total. The molecule has 0 fully saturated rings. The van der Waals surface area contributed by atoms with Gasteiger partial charge in [-0.15, -0.1) is 0 Å². The minimum absolute atomic E-state index is 0.00763. The lowest BCUT2D eigenvalue weighted by Crippen LogP contribution is -2.27. The van der Waals surface area contributed by atoms with E-state index in [1.54, 1.807) is 12.1 Å². The Labute approximate surface area is 110 Å². The SMILES string of the molecule is O=C(CCC(=O)c1ccccc1)NC1=NCCS1. The number of thioether (sulfide) groups is 1. The molecular weight excluding hydrogens is 248 g/mol. The summed E-state index contributed by atoms with van der Waals surface area (Å²) in [6.45, 7) is 0.753. The topological polar surface area (TPSA) is 58.5 Å². The van der Waals surface area contributed by atoms with Gasteiger partial charge in [-0.05, 0) is 0 Å². The predicted octanol–water partition coefficient (Wildman–Crippen LogP) is 1.87. The molecular formula is C13H14N2O2S. The number of hydrogen-bond acceptors (Lipinski definition) is 4. The fourth-order valence-electron chi connectivity index (χ4n) is 1.59. The molecule has 1 amide bonds. The summed E-state index contributed by atoms with van der Waals surface area (Å²) in [7, 11) is 0. The standard InChI is InChI=1S/C13H14N2O2S/c16-11(10-4-2-1-3-5-10)6-7-12(17)15-13-14-8-9-18-13/h1-5H,6-9H2,(H,14,15,17). The largest absolute Gasteiger partial charge is 0.305 e. The number of carbonyl (C=O) groups is 2. The van der Waals surface area contributed by atoms with E-state index in [9.17, 15) is 9.59 Å². The molecule has 0 radical (unpaired) electrons. The number of rotatable bonds is 4. The van der Waals surface area contributed by atoms with Crippen LogP contribution in [0.25, 0.3) is 0 Å². The summed E-state index contributed by atoms with van der Waals surface area (Å²) in [6.07, 6.45) is 0.432. The average Bonchev–Trinajstić information content (AvgIpc) is 2.90. The van der Waals surface area contributed by atoms with Crippen LogP contribution in [0.3, 0.4) is 0 Å². The summed E-state index contributed by atoms with van der Waals surface area (Å²) < 4.78 is 0. The molecule has 0 unspecified atom stereocenters. The number of ketones is 1. The lowest BCUT2D eigenvalue weighted by atomic mass is 10.1. The van der Waals surface area contributed by atoms with Crippen LogP contribution in [0, 0.1) is 0 Å². The molecule has 94 valence electrons. The Balaban J connectivity index is 1.77. The highest BCUT2D eigenvalue weighted by Gasteiger charge is 2.12. The Bertz CT molecular complexity index is 471. The normalized spacial score (nSPS) is 14.1. The van der Waals surface area contributed by atoms with Crippen molar-refractivity contribution in [3.63, 3.8) is 0 Å². The Hall–Kier alpha value is -1.62. The van der Waals surface area contributed by atoms with E-state index in [0.717, 1.165) is 12.3 Å². The van der Waals surface area contributed by atoms with Crippen molar-refractivity contribution in [1.29, 1.82) is 0 Å². The van der Waals surface area contributed by atoms with Gasteiger partial charge in [-0.3, -0.25) is 14.6 Å². The van der Waals surface area contributed by atoms with Crippen LogP contribution in [0.15, 0.2) is 35.3 Å². The number of carbonyl (C=O) groups excluding carboxylic acids is 2. The molecule has 0 bridgehead atoms. The summed E-state index contributed by atoms with van der Waals surface area (Å²) >= 11 is 1.53. The van der Waals surface area contributed by atoms with Crippen molar-refractivity contribution in [1.82, 2.24) is 5.32 Å². The van der Waals surface area contributed by atoms with E-state index in [0.29, 0.717) is 10.7 Å². The number of benzene rings is 1. The quantitative estimate of drug-likeness (QED) is 0.843. The second kappa shape index (κ2) is 6.35. The van der Waals surface area contributed by atoms with Gasteiger partial charge < -0.3 is 5.32 Å². The minimum atomic E-state index is -0.146. The van der Waals surface area contributed by atoms with Gasteiger partial charge in [-0.1, -0.05) is 42.1 Å². The van der Waals surface area contributed by atoms with Crippen molar-refractivity contribution in [2.24, 2.45) is 4.99 Å². The molecule has 1 aliphatic rings. The lowest BCUT2D eigenvalue weighted by molar-refractivity contribution is -0.119. The van der Waals surface area contributed by atoms with Crippen LogP contribution in [0.5, 0.6) is 0 Å². The maximum absolute atomic E-state index is 11.8. The van der Waals surface area contributed by atoms with Crippen molar-refractivity contribution in [2.75, 3.05) is 12.3 Å². The highest BCUT2D eigenvalue weighted by atomic mass is 32.2. The van der Waals surface area contributed by atoms with E-state index in [2.05, 4.69) is 10.3 Å². The number of amides is 1. The molecule has 2 rings (SSSR count). The third kappa shape index (κ3) is 3.70. The first-order valence-electron chi connectivity index (χ1n) is 5.81. The maximum Gasteiger partial charge on any atom is 0.226 e. The smallest absolute Gasteiger partial charge is 0.226 e. The fraction of sp³-hybridized carbons (Fsp3) is 0.308. The van der Waals surface area contributed by atoms with Gasteiger partial charge in [-0.2, -0.15) is 0 Å². The van der Waals surface area contributed by atoms with Crippen molar-refractivity contribution >= 4 is 28.6 Å². The molecule has 0 saturated heterocycles. The van der Waals surface area contributed by atoms with Gasteiger partial charge in [0.1, 0.15) is 0 Å². The zero-order valence-corrected chi connectivity index (χ0v) is 10.7. The Morgan fingerprint density at radius 1 is 1.22 bits per heavy atom. The van der Waals surface area contributed by atoms with Crippen LogP contribution in [-0.4, -0.2) is 29.2 Å². The fourth-order valence-corrected chi connectivity index (χ4v) is 2.33. The van der Waals surface area contributed by atoms with E-state index in [-0.39, 0.29) is 24.5 Å². The Morgan fingerprint density at radius 2 is 2.00 bits per heavy atom. The van der Waals surface area contributed by atoms with Crippen LogP contribution < -0.4 is 5.32 Å². The zero-order chi connectivity index (χ0) is 12.8. The molecule has 0 aromatic heterocycles. The summed E-state index contributed by atoms with van der Waals surface area (Å²) in [5.41, 5.74) is 0.651. The van der Waals surface area contributed by atoms with Crippen LogP contribution in [0.4, 0.5) is 0 Å². The van der Waals surface area contributed by atoms with Gasteiger partial charge >= 0.3 is 0 Å². The van der Waals surface area contributed by atoms with E-state index in [4.69, 9.17) is 0 Å². The van der Waals surface area contributed by atoms with Crippen LogP contribution in [0.2, 0.25) is 0 Å². The molecule has 1 N–H and O–H groups in total. The number of nitrogens with one attached hydrogen (secondary N) is 1. The highest BCUT2D eigenvalue weighted by Crippen LogP contribution is 2.10. The molecule has 0 spiro atoms. The first kappa shape index (κ1) is 12.8. The average molecular weight is 262 g/mol. The van der Waals surface area contributed by atoms with E-state index < -0.39 is 0 Å². The van der Waals surface area contributed by atoms with Gasteiger partial charge in [0.15, 0.2) is 11.0 Å². The number of Topliss-reactive ketones (excluding diaryl/α,β-unsaturated/α-hetero) is 1. The summed E-state index contributed by atoms with van der Waals surface area (Å²) in [6, 6.07) is 9.02. The second-order valence-corrected chi connectivity index (χ2v) is 4.96. The maximum atomic E-state index is 11.8. The predicted molar refractivity (Wildman–Crippen MR) is 72.9 cm³/mol. The third-order valence-electron chi connectivity index (χ3n) is 2.51. The molecule has 0 saturated carbocycles. The van der Waals surface area contributed by atoms with Gasteiger partial charge in [0.2, 0.25) is 5.91 Å². The zero-order valence-electron chi connectivity index (χ0n) is 9.89. The molecule has 0 aliphatic carbocycles. The monoisotopic (exact) mass is 262 g/mol. The van der Waals surface area contributed by atoms with Crippen LogP contribution in [0.1, 0.15) is 23.2 Å². The summed E-state index contributed by atoms with van der Waals surface area (Å²) in [5.74, 6) is 0.762. The summed E-state index contributed by atoms with van der Waals surface area (Å²) in [4.78, 5) is 27.5. The number of aliphatic imine (C=N–C) groups is 1. The Kier molecular flexibility index (Phi) is 4.52. The van der Waals surface area contributed by atoms with E-state index in [1.165, 1.54) is 11.8 Å². The molecule has 1 aromatic rings. The highest BCUT2D eigenvalue weighted by molar-refractivity contribution is 8.14. The first-order chi connectivity index (χ1) is 8.75. The second-order valence-electron chi connectivity index (χ2n) is 3.87. The van der Waals surface area contributed by atoms with Gasteiger partial charge in [-0.25, -0.2) is 0 Å². The molecule has 18 heavy (non-hydrogen) atoms. The molecule has 1 aliphatic heterocycles. The van der Waals surface area contributed by atoms with Crippen LogP contribution in [-0.2, 0) is 4.79 Å². The van der Waals surface area contributed by atoms with E-state index in [1.807, 2.05) is 18.2 Å². The molecule has 5 heteroatoms. The van der Waals surface area contributed by atoms with Crippen LogP contribution >= 0.6 is 11.8 Å². The lowest BCUT2D eigenvalue weighted by Gasteiger charge is -2.03. The minimum Gasteiger partial charge on any atom is -0.305 e. The number of hydrogen-bond donors (Lipinski definition) is 1. The molecule has 0 atom stereocenters. The molecule has 1 aromatic carbocycles. The van der Waals surface area contributed by atoms with Gasteiger partial charge in [0, 0.05) is 24.2 Å². The van der Waals surface area contributed by atoms with Crippen molar-refractivity contribution in [3.05, 3.63) is 35.9 Å². The number of amidine groups is 1. The van der Waals surface area contributed by atoms with Crippen molar-refractivity contribution < 1.29 is 9.59 Å². The molecule has 1 heterocycles. The van der Waals surface area contributed by atoms with E-state index >= 15 is 0 Å². The van der Waals surface area contributed by atoms with Gasteiger partial charge in [0.25, 0.3) is 0 Å². The van der Waals surface area contributed by atoms with Crippen molar-refractivity contribution in [2.45, 2.75) is 12.8 Å². The Morgan fingerprint density at radius 3 is 2.67 bits per heavy atom. The van der Waals surface area contributed by atoms with Crippen molar-refractivity contribution in [3.8, 4) is 0 Å². The summed E-state index contributed by atoms with van der Waals surface area (Å²) in [5, 5.41) is 3.38. The third-order valence-corrected chi connectivity index (χ3v) is 3.40.